The predicted molar refractivity (Wildman–Crippen MR) is 83.9 cm³/mol. The summed E-state index contributed by atoms with van der Waals surface area (Å²) < 4.78 is 1.09. The van der Waals surface area contributed by atoms with Crippen molar-refractivity contribution in [2.45, 2.75) is 6.54 Å². The summed E-state index contributed by atoms with van der Waals surface area (Å²) in [6.45, 7) is 0.483. The maximum Gasteiger partial charge on any atom is 0.321 e. The summed E-state index contributed by atoms with van der Waals surface area (Å²) in [7, 11) is 1.75. The second-order valence-electron chi connectivity index (χ2n) is 4.12. The Morgan fingerprint density at radius 2 is 2.16 bits per heavy atom. The molecule has 0 saturated carbocycles. The van der Waals surface area contributed by atoms with Crippen molar-refractivity contribution >= 4 is 34.3 Å². The van der Waals surface area contributed by atoms with Crippen LogP contribution < -0.4 is 5.32 Å². The lowest BCUT2D eigenvalue weighted by Crippen LogP contribution is -2.31. The summed E-state index contributed by atoms with van der Waals surface area (Å²) in [5.41, 5.74) is 1.66. The van der Waals surface area contributed by atoms with Crippen molar-refractivity contribution in [3.05, 3.63) is 57.9 Å². The standard InChI is InChI=1S/C14H14IN3O/c1-18(10-13-6-2-3-8-16-13)14(19)17-12-7-4-5-11(15)9-12/h2-9H,10H2,1H3,(H,17,19). The smallest absolute Gasteiger partial charge is 0.321 e. The number of aromatic nitrogens is 1. The third-order valence-electron chi connectivity index (χ3n) is 2.55. The highest BCUT2D eigenvalue weighted by atomic mass is 127. The maximum atomic E-state index is 12.0. The van der Waals surface area contributed by atoms with Gasteiger partial charge in [0.1, 0.15) is 0 Å². The highest BCUT2D eigenvalue weighted by Gasteiger charge is 2.09. The molecule has 0 unspecified atom stereocenters. The van der Waals surface area contributed by atoms with Gasteiger partial charge in [-0.3, -0.25) is 4.98 Å². The molecule has 2 rings (SSSR count). The molecule has 0 atom stereocenters. The first-order chi connectivity index (χ1) is 9.15. The molecule has 1 N–H and O–H groups in total. The van der Waals surface area contributed by atoms with Gasteiger partial charge in [-0.1, -0.05) is 12.1 Å². The molecule has 19 heavy (non-hydrogen) atoms. The Morgan fingerprint density at radius 1 is 1.32 bits per heavy atom. The molecule has 0 fully saturated rings. The number of amides is 2. The number of carbonyl (C=O) groups is 1. The first-order valence-corrected chi connectivity index (χ1v) is 6.90. The third kappa shape index (κ3) is 4.20. The fourth-order valence-corrected chi connectivity index (χ4v) is 2.13. The quantitative estimate of drug-likeness (QED) is 0.846. The Balaban J connectivity index is 1.96. The number of halogens is 1. The Hall–Kier alpha value is -1.63. The fourth-order valence-electron chi connectivity index (χ4n) is 1.59. The highest BCUT2D eigenvalue weighted by molar-refractivity contribution is 14.1. The van der Waals surface area contributed by atoms with Crippen molar-refractivity contribution < 1.29 is 4.79 Å². The summed E-state index contributed by atoms with van der Waals surface area (Å²) in [5.74, 6) is 0. The minimum Gasteiger partial charge on any atom is -0.322 e. The zero-order chi connectivity index (χ0) is 13.7. The van der Waals surface area contributed by atoms with Gasteiger partial charge in [-0.15, -0.1) is 0 Å². The van der Waals surface area contributed by atoms with Gasteiger partial charge < -0.3 is 10.2 Å². The van der Waals surface area contributed by atoms with E-state index in [0.717, 1.165) is 15.0 Å². The molecule has 0 radical (unpaired) electrons. The minimum absolute atomic E-state index is 0.146. The van der Waals surface area contributed by atoms with E-state index in [9.17, 15) is 4.79 Å². The lowest BCUT2D eigenvalue weighted by molar-refractivity contribution is 0.220. The average Bonchev–Trinajstić information content (AvgIpc) is 2.40. The molecule has 0 spiro atoms. The Bertz CT molecular complexity index is 560. The van der Waals surface area contributed by atoms with Gasteiger partial charge in [-0.05, 0) is 52.9 Å². The molecule has 0 aliphatic rings. The van der Waals surface area contributed by atoms with Crippen LogP contribution in [0.3, 0.4) is 0 Å². The zero-order valence-electron chi connectivity index (χ0n) is 10.5. The van der Waals surface area contributed by atoms with Crippen LogP contribution in [0, 0.1) is 3.57 Å². The molecule has 0 aliphatic heterocycles. The Morgan fingerprint density at radius 3 is 2.84 bits per heavy atom. The SMILES string of the molecule is CN(Cc1ccccn1)C(=O)Nc1cccc(I)c1. The number of rotatable bonds is 3. The van der Waals surface area contributed by atoms with Gasteiger partial charge in [0, 0.05) is 22.5 Å². The summed E-state index contributed by atoms with van der Waals surface area (Å²) in [6, 6.07) is 13.2. The zero-order valence-corrected chi connectivity index (χ0v) is 12.7. The van der Waals surface area contributed by atoms with Gasteiger partial charge in [0.15, 0.2) is 0 Å². The lowest BCUT2D eigenvalue weighted by Gasteiger charge is -2.17. The van der Waals surface area contributed by atoms with Crippen LogP contribution in [-0.2, 0) is 6.54 Å². The number of nitrogens with one attached hydrogen (secondary N) is 1. The Labute approximate surface area is 126 Å². The van der Waals surface area contributed by atoms with Crippen LogP contribution in [0.4, 0.5) is 10.5 Å². The topological polar surface area (TPSA) is 45.2 Å². The van der Waals surface area contributed by atoms with Crippen molar-refractivity contribution in [1.82, 2.24) is 9.88 Å². The molecule has 1 heterocycles. The summed E-state index contributed by atoms with van der Waals surface area (Å²) in [6.07, 6.45) is 1.72. The largest absolute Gasteiger partial charge is 0.322 e. The van der Waals surface area contributed by atoms with Gasteiger partial charge in [-0.25, -0.2) is 4.79 Å². The summed E-state index contributed by atoms with van der Waals surface area (Å²) >= 11 is 2.21. The molecular formula is C14H14IN3O. The number of hydrogen-bond acceptors (Lipinski definition) is 2. The van der Waals surface area contributed by atoms with E-state index in [2.05, 4.69) is 32.9 Å². The van der Waals surface area contributed by atoms with Crippen LogP contribution in [0.1, 0.15) is 5.69 Å². The molecule has 5 heteroatoms. The monoisotopic (exact) mass is 367 g/mol. The van der Waals surface area contributed by atoms with Crippen LogP contribution in [-0.4, -0.2) is 23.0 Å². The van der Waals surface area contributed by atoms with Crippen LogP contribution in [0.2, 0.25) is 0 Å². The second-order valence-corrected chi connectivity index (χ2v) is 5.36. The first kappa shape index (κ1) is 13.8. The maximum absolute atomic E-state index is 12.0. The Kier molecular flexibility index (Phi) is 4.73. The van der Waals surface area contributed by atoms with Crippen molar-refractivity contribution in [3.8, 4) is 0 Å². The van der Waals surface area contributed by atoms with E-state index in [4.69, 9.17) is 0 Å². The molecule has 2 aromatic rings. The van der Waals surface area contributed by atoms with E-state index in [1.165, 1.54) is 0 Å². The van der Waals surface area contributed by atoms with Crippen molar-refractivity contribution in [2.75, 3.05) is 12.4 Å². The fraction of sp³-hybridized carbons (Fsp3) is 0.143. The van der Waals surface area contributed by atoms with Gasteiger partial charge in [0.05, 0.1) is 12.2 Å². The second kappa shape index (κ2) is 6.51. The van der Waals surface area contributed by atoms with Gasteiger partial charge >= 0.3 is 6.03 Å². The van der Waals surface area contributed by atoms with E-state index in [1.54, 1.807) is 18.1 Å². The number of carbonyl (C=O) groups excluding carboxylic acids is 1. The molecule has 0 aliphatic carbocycles. The van der Waals surface area contributed by atoms with Crippen molar-refractivity contribution in [3.63, 3.8) is 0 Å². The van der Waals surface area contributed by atoms with E-state index < -0.39 is 0 Å². The van der Waals surface area contributed by atoms with E-state index in [-0.39, 0.29) is 6.03 Å². The third-order valence-corrected chi connectivity index (χ3v) is 3.22. The van der Waals surface area contributed by atoms with Gasteiger partial charge in [0.25, 0.3) is 0 Å². The number of pyridine rings is 1. The number of benzene rings is 1. The minimum atomic E-state index is -0.146. The molecule has 98 valence electrons. The van der Waals surface area contributed by atoms with Crippen molar-refractivity contribution in [1.29, 1.82) is 0 Å². The summed E-state index contributed by atoms with van der Waals surface area (Å²) in [4.78, 5) is 17.8. The molecule has 0 bridgehead atoms. The van der Waals surface area contributed by atoms with Gasteiger partial charge in [-0.2, -0.15) is 0 Å². The molecule has 4 nitrogen and oxygen atoms in total. The molecule has 1 aromatic heterocycles. The first-order valence-electron chi connectivity index (χ1n) is 5.83. The van der Waals surface area contributed by atoms with E-state index >= 15 is 0 Å². The van der Waals surface area contributed by atoms with Crippen LogP contribution in [0.15, 0.2) is 48.7 Å². The van der Waals surface area contributed by atoms with Crippen LogP contribution >= 0.6 is 22.6 Å². The predicted octanol–water partition coefficient (Wildman–Crippen LogP) is 3.35. The molecule has 0 saturated heterocycles. The lowest BCUT2D eigenvalue weighted by atomic mass is 10.3. The number of anilines is 1. The van der Waals surface area contributed by atoms with E-state index in [0.29, 0.717) is 6.54 Å². The average molecular weight is 367 g/mol. The molecule has 1 aromatic carbocycles. The van der Waals surface area contributed by atoms with Crippen molar-refractivity contribution in [2.24, 2.45) is 0 Å². The molecular weight excluding hydrogens is 353 g/mol. The molecule has 2 amide bonds. The summed E-state index contributed by atoms with van der Waals surface area (Å²) in [5, 5.41) is 2.86. The van der Waals surface area contributed by atoms with Crippen LogP contribution in [0.25, 0.3) is 0 Å². The normalized spacial score (nSPS) is 10.0. The number of nitrogens with zero attached hydrogens (tertiary/aromatic N) is 2. The number of hydrogen-bond donors (Lipinski definition) is 1. The van der Waals surface area contributed by atoms with E-state index in [1.807, 2.05) is 42.5 Å². The van der Waals surface area contributed by atoms with Gasteiger partial charge in [0.2, 0.25) is 0 Å². The highest BCUT2D eigenvalue weighted by Crippen LogP contribution is 2.13. The number of urea groups is 1. The van der Waals surface area contributed by atoms with Crippen LogP contribution in [0.5, 0.6) is 0 Å².